The van der Waals surface area contributed by atoms with Crippen molar-refractivity contribution in [3.63, 3.8) is 0 Å². The van der Waals surface area contributed by atoms with Gasteiger partial charge in [0.05, 0.1) is 0 Å². The molecule has 0 radical (unpaired) electrons. The van der Waals surface area contributed by atoms with Gasteiger partial charge in [-0.15, -0.1) is 23.2 Å². The molecule has 1 atom stereocenters. The fourth-order valence-electron chi connectivity index (χ4n) is 0.251. The van der Waals surface area contributed by atoms with Gasteiger partial charge in [0.1, 0.15) is 0 Å². The normalized spacial score (nSPS) is 32.8. The quantitative estimate of drug-likeness (QED) is 0.541. The lowest BCUT2D eigenvalue weighted by molar-refractivity contribution is 0.368. The summed E-state index contributed by atoms with van der Waals surface area (Å²) in [5.74, 6) is -6.69. The molecule has 0 spiro atoms. The van der Waals surface area contributed by atoms with Crippen LogP contribution in [0, 0.1) is 0 Å². The summed E-state index contributed by atoms with van der Waals surface area (Å²) >= 11 is 10.2. The summed E-state index contributed by atoms with van der Waals surface area (Å²) in [4.78, 5) is 9.20. The standard InChI is InChI=1S/C4H11Cl2N2O2P/c5-1-3-8(4-2-6)11(7,9)10/h1-4H2,(H3,7,9,10)/i1D2,2D2,3D2,4D2. The molecule has 0 aliphatic rings. The average Bonchev–Trinajstić information content (AvgIpc) is 1.93. The van der Waals surface area contributed by atoms with Gasteiger partial charge in [-0.3, -0.25) is 4.57 Å². The molecule has 3 N–H and O–H groups in total. The molecule has 0 aromatic carbocycles. The van der Waals surface area contributed by atoms with Crippen molar-refractivity contribution in [3.8, 4) is 0 Å². The van der Waals surface area contributed by atoms with Gasteiger partial charge < -0.3 is 4.89 Å². The van der Waals surface area contributed by atoms with E-state index in [1.807, 2.05) is 0 Å². The van der Waals surface area contributed by atoms with Gasteiger partial charge in [-0.05, 0) is 0 Å². The van der Waals surface area contributed by atoms with E-state index in [4.69, 9.17) is 39.7 Å². The zero-order valence-corrected chi connectivity index (χ0v) is 7.49. The van der Waals surface area contributed by atoms with E-state index in [0.29, 0.717) is 0 Å². The molecular weight excluding hydrogens is 210 g/mol. The highest BCUT2D eigenvalue weighted by Gasteiger charge is 2.21. The first-order valence-electron chi connectivity index (χ1n) is 6.17. The lowest BCUT2D eigenvalue weighted by Crippen LogP contribution is -2.28. The number of alkyl halides is 2. The van der Waals surface area contributed by atoms with E-state index in [2.05, 4.69) is 0 Å². The molecule has 0 heterocycles. The molecule has 7 heteroatoms. The van der Waals surface area contributed by atoms with Crippen LogP contribution in [0.2, 0.25) is 0 Å². The molecule has 0 amide bonds. The number of hydrogen-bond donors (Lipinski definition) is 2. The molecule has 0 aromatic heterocycles. The number of nitrogens with two attached hydrogens (primary N) is 1. The van der Waals surface area contributed by atoms with Crippen LogP contribution in [0.3, 0.4) is 0 Å². The van der Waals surface area contributed by atoms with Crippen molar-refractivity contribution in [2.75, 3.05) is 24.7 Å². The molecule has 0 aromatic rings. The zero-order chi connectivity index (χ0) is 16.1. The summed E-state index contributed by atoms with van der Waals surface area (Å²) in [5.41, 5.74) is 4.75. The van der Waals surface area contributed by atoms with Gasteiger partial charge in [-0.1, -0.05) is 0 Å². The maximum absolute atomic E-state index is 11.4. The van der Waals surface area contributed by atoms with Crippen molar-refractivity contribution in [2.45, 2.75) is 0 Å². The van der Waals surface area contributed by atoms with Gasteiger partial charge >= 0.3 is 7.67 Å². The topological polar surface area (TPSA) is 66.6 Å². The van der Waals surface area contributed by atoms with Crippen LogP contribution in [0.5, 0.6) is 0 Å². The zero-order valence-electron chi connectivity index (χ0n) is 13.1. The predicted molar refractivity (Wildman–Crippen MR) is 47.0 cm³/mol. The van der Waals surface area contributed by atoms with Gasteiger partial charge in [0.15, 0.2) is 0 Å². The molecule has 0 rings (SSSR count). The molecule has 11 heavy (non-hydrogen) atoms. The third-order valence-electron chi connectivity index (χ3n) is 0.583. The van der Waals surface area contributed by atoms with Crippen LogP contribution in [0.4, 0.5) is 0 Å². The van der Waals surface area contributed by atoms with E-state index in [0.717, 1.165) is 0 Å². The molecule has 4 nitrogen and oxygen atoms in total. The molecule has 68 valence electrons. The second-order valence-electron chi connectivity index (χ2n) is 1.31. The van der Waals surface area contributed by atoms with E-state index in [1.165, 1.54) is 0 Å². The highest BCUT2D eigenvalue weighted by Crippen LogP contribution is 2.34. The summed E-state index contributed by atoms with van der Waals surface area (Å²) in [5, 5.41) is 0. The van der Waals surface area contributed by atoms with Gasteiger partial charge in [0.25, 0.3) is 0 Å². The number of rotatable bonds is 5. The molecule has 0 bridgehead atoms. The maximum Gasteiger partial charge on any atom is 0.338 e. The Kier molecular flexibility index (Phi) is 1.86. The summed E-state index contributed by atoms with van der Waals surface area (Å²) in [7, 11) is -5.28. The summed E-state index contributed by atoms with van der Waals surface area (Å²) in [6.07, 6.45) is 0. The minimum Gasteiger partial charge on any atom is -0.322 e. The second kappa shape index (κ2) is 5.36. The van der Waals surface area contributed by atoms with Crippen LogP contribution >= 0.6 is 30.9 Å². The fourth-order valence-corrected chi connectivity index (χ4v) is 0.925. The number of nitrogens with zero attached hydrogens (tertiary/aromatic N) is 1. The van der Waals surface area contributed by atoms with E-state index in [1.54, 1.807) is 0 Å². The largest absolute Gasteiger partial charge is 0.338 e. The summed E-state index contributed by atoms with van der Waals surface area (Å²) < 4.78 is 68.1. The van der Waals surface area contributed by atoms with Crippen molar-refractivity contribution in [1.29, 1.82) is 0 Å². The Morgan fingerprint density at radius 2 is 1.91 bits per heavy atom. The Bertz CT molecular complexity index is 363. The fraction of sp³-hybridized carbons (Fsp3) is 1.00. The second-order valence-corrected chi connectivity index (χ2v) is 3.27. The first kappa shape index (κ1) is 3.82. The van der Waals surface area contributed by atoms with Crippen LogP contribution in [0.25, 0.3) is 0 Å². The molecular formula is C4H11Cl2N2O2P. The highest BCUT2D eigenvalue weighted by molar-refractivity contribution is 7.52. The van der Waals surface area contributed by atoms with E-state index in [9.17, 15) is 9.46 Å². The smallest absolute Gasteiger partial charge is 0.322 e. The molecule has 0 aliphatic heterocycles. The Balaban J connectivity index is 6.13. The van der Waals surface area contributed by atoms with E-state index >= 15 is 0 Å². The predicted octanol–water partition coefficient (Wildman–Crippen LogP) is 0.825. The number of halogens is 2. The third kappa shape index (κ3) is 5.01. The molecule has 0 fully saturated rings. The van der Waals surface area contributed by atoms with Crippen LogP contribution in [-0.2, 0) is 4.57 Å². The number of hydrogen-bond acceptors (Lipinski definition) is 1. The molecule has 0 saturated heterocycles. The SMILES string of the molecule is [2H]C([2H])(Cl)C([2H])([2H])N(C([2H])([2H])C([2H])([2H])Cl)P(N)(=O)O. The van der Waals surface area contributed by atoms with E-state index < -0.39 is 37.0 Å². The average molecular weight is 229 g/mol. The van der Waals surface area contributed by atoms with Crippen LogP contribution in [-0.4, -0.2) is 34.2 Å². The minimum atomic E-state index is -5.28. The van der Waals surface area contributed by atoms with Crippen LogP contribution in [0.1, 0.15) is 11.0 Å². The van der Waals surface area contributed by atoms with Gasteiger partial charge in [-0.25, -0.2) is 10.2 Å². The Morgan fingerprint density at radius 1 is 1.55 bits per heavy atom. The summed E-state index contributed by atoms with van der Waals surface area (Å²) in [6.45, 7) is -7.25. The lowest BCUT2D eigenvalue weighted by Gasteiger charge is -2.21. The van der Waals surface area contributed by atoms with Gasteiger partial charge in [-0.2, -0.15) is 0 Å². The van der Waals surface area contributed by atoms with E-state index in [-0.39, 0.29) is 0 Å². The van der Waals surface area contributed by atoms with Gasteiger partial charge in [0.2, 0.25) is 0 Å². The van der Waals surface area contributed by atoms with Crippen molar-refractivity contribution < 1.29 is 20.4 Å². The molecule has 1 unspecified atom stereocenters. The van der Waals surface area contributed by atoms with Crippen molar-refractivity contribution in [1.82, 2.24) is 4.67 Å². The summed E-state index contributed by atoms with van der Waals surface area (Å²) in [6, 6.07) is 0. The maximum atomic E-state index is 11.4. The van der Waals surface area contributed by atoms with Crippen molar-refractivity contribution >= 4 is 30.9 Å². The molecule has 0 aliphatic carbocycles. The van der Waals surface area contributed by atoms with Crippen LogP contribution in [0.15, 0.2) is 0 Å². The molecule has 0 saturated carbocycles. The minimum absolute atomic E-state index is 0.729. The lowest BCUT2D eigenvalue weighted by atomic mass is 10.6. The highest BCUT2D eigenvalue weighted by atomic mass is 35.5. The first-order valence-corrected chi connectivity index (χ1v) is 4.60. The van der Waals surface area contributed by atoms with Crippen molar-refractivity contribution in [3.05, 3.63) is 0 Å². The van der Waals surface area contributed by atoms with Crippen molar-refractivity contribution in [2.24, 2.45) is 5.50 Å². The van der Waals surface area contributed by atoms with Gasteiger partial charge in [0, 0.05) is 35.6 Å². The Morgan fingerprint density at radius 3 is 2.09 bits per heavy atom. The first-order chi connectivity index (χ1) is 7.87. The third-order valence-corrected chi connectivity index (χ3v) is 1.53. The Hall–Kier alpha value is 0.690. The monoisotopic (exact) mass is 228 g/mol. The Labute approximate surface area is 87.1 Å². The van der Waals surface area contributed by atoms with Crippen LogP contribution < -0.4 is 5.50 Å².